The summed E-state index contributed by atoms with van der Waals surface area (Å²) < 4.78 is 7.71. The quantitative estimate of drug-likeness (QED) is 0.231. The molecule has 1 aromatic carbocycles. The predicted octanol–water partition coefficient (Wildman–Crippen LogP) is 4.66. The van der Waals surface area contributed by atoms with E-state index < -0.39 is 0 Å². The van der Waals surface area contributed by atoms with Crippen LogP contribution in [0.3, 0.4) is 0 Å². The molecule has 0 radical (unpaired) electrons. The van der Waals surface area contributed by atoms with Gasteiger partial charge >= 0.3 is 0 Å². The number of hydrogen-bond donors (Lipinski definition) is 3. The van der Waals surface area contributed by atoms with Crippen molar-refractivity contribution in [1.29, 1.82) is 0 Å². The van der Waals surface area contributed by atoms with Crippen LogP contribution in [-0.4, -0.2) is 95.0 Å². The van der Waals surface area contributed by atoms with E-state index in [1.807, 2.05) is 6.92 Å². The van der Waals surface area contributed by atoms with Gasteiger partial charge in [-0.1, -0.05) is 0 Å². The number of aromatic nitrogens is 4. The van der Waals surface area contributed by atoms with Gasteiger partial charge in [-0.3, -0.25) is 20.1 Å². The van der Waals surface area contributed by atoms with Crippen LogP contribution < -0.4 is 20.3 Å². The largest absolute Gasteiger partial charge is 0.496 e. The van der Waals surface area contributed by atoms with Crippen molar-refractivity contribution in [3.8, 4) is 17.0 Å². The number of anilines is 2. The number of carbonyl (C=O) groups excluding carboxylic acids is 1. The van der Waals surface area contributed by atoms with Crippen molar-refractivity contribution >= 4 is 28.6 Å². The third kappa shape index (κ3) is 7.16. The highest BCUT2D eigenvalue weighted by Crippen LogP contribution is 2.36. The van der Waals surface area contributed by atoms with Crippen LogP contribution in [0, 0.1) is 6.92 Å². The summed E-state index contributed by atoms with van der Waals surface area (Å²) in [6.07, 6.45) is 8.38. The maximum Gasteiger partial charge on any atom is 0.258 e. The van der Waals surface area contributed by atoms with Crippen molar-refractivity contribution in [1.82, 2.24) is 29.7 Å². The fourth-order valence-electron chi connectivity index (χ4n) is 6.75. The van der Waals surface area contributed by atoms with Gasteiger partial charge in [0.2, 0.25) is 5.95 Å². The van der Waals surface area contributed by atoms with Gasteiger partial charge in [0.05, 0.1) is 35.5 Å². The molecule has 46 heavy (non-hydrogen) atoms. The van der Waals surface area contributed by atoms with E-state index in [-0.39, 0.29) is 18.1 Å². The van der Waals surface area contributed by atoms with Gasteiger partial charge in [-0.15, -0.1) is 0 Å². The van der Waals surface area contributed by atoms with Crippen molar-refractivity contribution in [2.45, 2.75) is 63.6 Å². The fourth-order valence-corrected chi connectivity index (χ4v) is 6.75. The van der Waals surface area contributed by atoms with Crippen molar-refractivity contribution < 1.29 is 14.6 Å². The average molecular weight is 627 g/mol. The first-order valence-corrected chi connectivity index (χ1v) is 16.4. The number of aryl methyl sites for hydroxylation is 1. The Bertz CT molecular complexity index is 1660. The molecule has 3 aromatic heterocycles. The number of fused-ring (bicyclic) bond motifs is 1. The summed E-state index contributed by atoms with van der Waals surface area (Å²) in [7, 11) is 5.82. The molecule has 1 aliphatic heterocycles. The zero-order valence-corrected chi connectivity index (χ0v) is 27.4. The van der Waals surface area contributed by atoms with Gasteiger partial charge in [0, 0.05) is 67.6 Å². The van der Waals surface area contributed by atoms with Gasteiger partial charge in [-0.25, -0.2) is 4.98 Å². The molecule has 2 aliphatic rings. The minimum absolute atomic E-state index is 0.125. The van der Waals surface area contributed by atoms with Gasteiger partial charge in [0.15, 0.2) is 0 Å². The van der Waals surface area contributed by atoms with E-state index >= 15 is 0 Å². The number of pyridine rings is 2. The van der Waals surface area contributed by atoms with E-state index in [0.29, 0.717) is 34.7 Å². The third-order valence-corrected chi connectivity index (χ3v) is 9.27. The van der Waals surface area contributed by atoms with Crippen molar-refractivity contribution in [3.63, 3.8) is 0 Å². The highest BCUT2D eigenvalue weighted by Gasteiger charge is 2.27. The Morgan fingerprint density at radius 3 is 2.57 bits per heavy atom. The molecule has 1 amide bonds. The molecular formula is C35H46N8O3. The number of aliphatic hydroxyl groups is 1. The molecule has 244 valence electrons. The van der Waals surface area contributed by atoms with Crippen LogP contribution >= 0.6 is 0 Å². The van der Waals surface area contributed by atoms with Gasteiger partial charge in [0.1, 0.15) is 5.75 Å². The Balaban J connectivity index is 1.27. The van der Waals surface area contributed by atoms with E-state index in [2.05, 4.69) is 67.3 Å². The maximum atomic E-state index is 13.8. The normalized spacial score (nSPS) is 19.1. The molecule has 1 aliphatic carbocycles. The minimum Gasteiger partial charge on any atom is -0.496 e. The summed E-state index contributed by atoms with van der Waals surface area (Å²) in [4.78, 5) is 32.3. The number of likely N-dealkylation sites (N-methyl/N-ethyl adjacent to an activating group) is 1. The topological polar surface area (TPSA) is 121 Å². The number of aliphatic hydroxyl groups excluding tert-OH is 1. The fraction of sp³-hybridized carbons (Fsp3) is 0.486. The smallest absolute Gasteiger partial charge is 0.258 e. The monoisotopic (exact) mass is 626 g/mol. The molecule has 0 atom stereocenters. The Hall–Kier alpha value is -4.06. The number of nitrogens with one attached hydrogen (secondary N) is 2. The summed E-state index contributed by atoms with van der Waals surface area (Å²) in [5.74, 6) is 0.907. The van der Waals surface area contributed by atoms with Gasteiger partial charge < -0.3 is 29.5 Å². The van der Waals surface area contributed by atoms with E-state index in [9.17, 15) is 9.90 Å². The lowest BCUT2D eigenvalue weighted by molar-refractivity contribution is 0.102. The molecule has 0 unspecified atom stereocenters. The Labute approximate surface area is 271 Å². The lowest BCUT2D eigenvalue weighted by atomic mass is 9.93. The number of hydrogen-bond acceptors (Lipinski definition) is 9. The second-order valence-corrected chi connectivity index (χ2v) is 12.9. The van der Waals surface area contributed by atoms with Crippen LogP contribution in [0.5, 0.6) is 5.75 Å². The third-order valence-electron chi connectivity index (χ3n) is 9.27. The highest BCUT2D eigenvalue weighted by molar-refractivity contribution is 6.05. The van der Waals surface area contributed by atoms with Crippen LogP contribution in [0.25, 0.3) is 22.3 Å². The first-order valence-electron chi connectivity index (χ1n) is 16.4. The summed E-state index contributed by atoms with van der Waals surface area (Å²) in [6.45, 7) is 5.90. The molecule has 1 saturated carbocycles. The number of imidazole rings is 1. The van der Waals surface area contributed by atoms with Crippen molar-refractivity contribution in [2.24, 2.45) is 0 Å². The van der Waals surface area contributed by atoms with Crippen LogP contribution in [0.15, 0.2) is 48.8 Å². The summed E-state index contributed by atoms with van der Waals surface area (Å²) in [5.41, 5.74) is 5.56. The standard InChI is InChI=1S/C35H46N8O3/c1-23-19-24(20-31(38-23)29-22-36-14-11-33(29)46-4)34(45)40-35-39-30-10-7-27(21-32(30)43(35)26-5-8-28(44)9-6-26)42-16-12-25(13-17-42)37-15-18-41(2)3/h7,10-11,14,19-22,25-26,28,37,44H,5-6,8-9,12-13,15-18H2,1-4H3,(H,39,40,45). The predicted molar refractivity (Wildman–Crippen MR) is 182 cm³/mol. The first kappa shape index (κ1) is 31.9. The number of rotatable bonds is 10. The molecule has 0 bridgehead atoms. The second kappa shape index (κ2) is 14.1. The molecule has 11 heteroatoms. The van der Waals surface area contributed by atoms with Crippen LogP contribution in [-0.2, 0) is 0 Å². The Kier molecular flexibility index (Phi) is 9.81. The number of piperidine rings is 1. The van der Waals surface area contributed by atoms with Crippen LogP contribution in [0.4, 0.5) is 11.6 Å². The maximum absolute atomic E-state index is 13.8. The highest BCUT2D eigenvalue weighted by atomic mass is 16.5. The zero-order chi connectivity index (χ0) is 32.2. The zero-order valence-electron chi connectivity index (χ0n) is 27.4. The summed E-state index contributed by atoms with van der Waals surface area (Å²) >= 11 is 0. The van der Waals surface area contributed by atoms with E-state index in [0.717, 1.165) is 81.3 Å². The summed E-state index contributed by atoms with van der Waals surface area (Å²) in [6, 6.07) is 12.4. The molecule has 6 rings (SSSR count). The number of ether oxygens (including phenoxy) is 1. The van der Waals surface area contributed by atoms with Gasteiger partial charge in [-0.05, 0) is 95.9 Å². The number of methoxy groups -OCH3 is 1. The number of amides is 1. The molecular weight excluding hydrogens is 580 g/mol. The van der Waals surface area contributed by atoms with Crippen molar-refractivity contribution in [3.05, 3.63) is 60.0 Å². The Morgan fingerprint density at radius 1 is 1.04 bits per heavy atom. The molecule has 3 N–H and O–H groups in total. The Morgan fingerprint density at radius 2 is 1.83 bits per heavy atom. The SMILES string of the molecule is COc1ccncc1-c1cc(C(=O)Nc2nc3ccc(N4CCC(NCCN(C)C)CC4)cc3n2C2CCC(O)CC2)cc(C)n1. The van der Waals surface area contributed by atoms with Crippen LogP contribution in [0.1, 0.15) is 60.6 Å². The van der Waals surface area contributed by atoms with Gasteiger partial charge in [0.25, 0.3) is 5.91 Å². The molecule has 2 fully saturated rings. The van der Waals surface area contributed by atoms with Crippen molar-refractivity contribution in [2.75, 3.05) is 57.6 Å². The van der Waals surface area contributed by atoms with Crippen LogP contribution in [0.2, 0.25) is 0 Å². The molecule has 4 aromatic rings. The lowest BCUT2D eigenvalue weighted by Gasteiger charge is -2.34. The molecule has 4 heterocycles. The molecule has 11 nitrogen and oxygen atoms in total. The lowest BCUT2D eigenvalue weighted by Crippen LogP contribution is -2.44. The average Bonchev–Trinajstić information content (AvgIpc) is 3.42. The first-order chi connectivity index (χ1) is 22.3. The number of nitrogens with zero attached hydrogens (tertiary/aromatic N) is 6. The molecule has 0 spiro atoms. The number of benzene rings is 1. The molecule has 1 saturated heterocycles. The van der Waals surface area contributed by atoms with E-state index in [1.165, 1.54) is 5.69 Å². The number of carbonyl (C=O) groups is 1. The minimum atomic E-state index is -0.282. The summed E-state index contributed by atoms with van der Waals surface area (Å²) in [5, 5.41) is 17.1. The second-order valence-electron chi connectivity index (χ2n) is 12.9. The van der Waals surface area contributed by atoms with E-state index in [1.54, 1.807) is 37.7 Å². The van der Waals surface area contributed by atoms with E-state index in [4.69, 9.17) is 9.72 Å². The van der Waals surface area contributed by atoms with Gasteiger partial charge in [-0.2, -0.15) is 0 Å².